The minimum atomic E-state index is -1.83. The number of hydrogen-bond donors (Lipinski definition) is 2. The molecule has 6 nitrogen and oxygen atoms in total. The number of aromatic amines is 1. The van der Waals surface area contributed by atoms with E-state index in [2.05, 4.69) is 15.3 Å². The molecule has 0 amide bonds. The fourth-order valence-electron chi connectivity index (χ4n) is 6.01. The van der Waals surface area contributed by atoms with Crippen molar-refractivity contribution in [3.63, 3.8) is 0 Å². The standard InChI is InChI=1S/C29H23ClFN3O3S/c1-38-13-12-22-23(15-10-11-18(30)19(31)14-15)24(25(35)28-32-20-8-4-5-9-21(20)33-28)29(34-22)26(36)16-6-2-3-7-17(16)27(29)37/h2-11,14,22-24,34H,12-13H2,1H3,(H,32,33). The summed E-state index contributed by atoms with van der Waals surface area (Å²) in [6.45, 7) is 0. The fourth-order valence-corrected chi connectivity index (χ4v) is 6.62. The molecule has 1 aromatic heterocycles. The fraction of sp³-hybridized carbons (Fsp3) is 0.241. The molecule has 2 aliphatic rings. The second-order valence-electron chi connectivity index (χ2n) is 9.69. The number of fused-ring (bicyclic) bond motifs is 2. The lowest BCUT2D eigenvalue weighted by Gasteiger charge is -2.29. The van der Waals surface area contributed by atoms with Crippen LogP contribution in [0, 0.1) is 11.7 Å². The van der Waals surface area contributed by atoms with Crippen LogP contribution in [0.25, 0.3) is 11.0 Å². The molecule has 4 aromatic rings. The average Bonchev–Trinajstić information content (AvgIpc) is 3.57. The van der Waals surface area contributed by atoms with Gasteiger partial charge in [0.25, 0.3) is 0 Å². The van der Waals surface area contributed by atoms with Crippen molar-refractivity contribution in [1.29, 1.82) is 0 Å². The Morgan fingerprint density at radius 2 is 1.74 bits per heavy atom. The van der Waals surface area contributed by atoms with Crippen molar-refractivity contribution in [2.75, 3.05) is 12.0 Å². The summed E-state index contributed by atoms with van der Waals surface area (Å²) >= 11 is 7.60. The van der Waals surface area contributed by atoms with E-state index in [0.29, 0.717) is 28.8 Å². The van der Waals surface area contributed by atoms with Gasteiger partial charge in [0.05, 0.1) is 22.0 Å². The van der Waals surface area contributed by atoms with E-state index in [4.69, 9.17) is 11.6 Å². The summed E-state index contributed by atoms with van der Waals surface area (Å²) in [5, 5.41) is 3.29. The number of nitrogens with zero attached hydrogens (tertiary/aromatic N) is 1. The summed E-state index contributed by atoms with van der Waals surface area (Å²) in [6, 6.07) is 17.8. The first-order valence-electron chi connectivity index (χ1n) is 12.3. The van der Waals surface area contributed by atoms with E-state index in [1.54, 1.807) is 54.2 Å². The van der Waals surface area contributed by atoms with Crippen LogP contribution in [0.2, 0.25) is 5.02 Å². The van der Waals surface area contributed by atoms with Crippen molar-refractivity contribution in [2.45, 2.75) is 23.9 Å². The molecule has 2 heterocycles. The minimum Gasteiger partial charge on any atom is -0.335 e. The summed E-state index contributed by atoms with van der Waals surface area (Å²) in [7, 11) is 0. The Kier molecular flexibility index (Phi) is 6.21. The molecule has 6 rings (SSSR count). The van der Waals surface area contributed by atoms with Crippen LogP contribution < -0.4 is 5.32 Å². The van der Waals surface area contributed by atoms with Crippen LogP contribution in [0.1, 0.15) is 49.2 Å². The van der Waals surface area contributed by atoms with E-state index in [-0.39, 0.29) is 22.0 Å². The molecule has 1 spiro atoms. The molecule has 3 aromatic carbocycles. The SMILES string of the molecule is CSCCC1NC2(C(=O)c3ccccc3C2=O)C(C(=O)c2nc3ccccc3[nH]2)C1c1ccc(Cl)c(F)c1. The third kappa shape index (κ3) is 3.66. The highest BCUT2D eigenvalue weighted by Gasteiger charge is 2.67. The number of ketones is 3. The molecule has 0 bridgehead atoms. The molecular formula is C29H23ClFN3O3S. The van der Waals surface area contributed by atoms with Gasteiger partial charge in [-0.2, -0.15) is 11.8 Å². The number of benzene rings is 3. The van der Waals surface area contributed by atoms with Crippen molar-refractivity contribution in [3.05, 3.63) is 100 Å². The zero-order chi connectivity index (χ0) is 26.6. The molecule has 1 fully saturated rings. The Labute approximate surface area is 227 Å². The Morgan fingerprint density at radius 3 is 2.39 bits per heavy atom. The summed E-state index contributed by atoms with van der Waals surface area (Å²) in [5.41, 5.74) is 0.475. The van der Waals surface area contributed by atoms with E-state index in [9.17, 15) is 18.8 Å². The first-order chi connectivity index (χ1) is 18.4. The van der Waals surface area contributed by atoms with Gasteiger partial charge in [-0.25, -0.2) is 9.37 Å². The lowest BCUT2D eigenvalue weighted by atomic mass is 9.70. The van der Waals surface area contributed by atoms with Crippen LogP contribution >= 0.6 is 23.4 Å². The number of imidazole rings is 1. The summed E-state index contributed by atoms with van der Waals surface area (Å²) in [5.74, 6) is -3.08. The molecule has 0 radical (unpaired) electrons. The molecule has 3 atom stereocenters. The van der Waals surface area contributed by atoms with Gasteiger partial charge in [0, 0.05) is 23.1 Å². The largest absolute Gasteiger partial charge is 0.335 e. The Bertz CT molecular complexity index is 1550. The maximum Gasteiger partial charge on any atom is 0.204 e. The quantitative estimate of drug-likeness (QED) is 0.245. The number of aromatic nitrogens is 2. The van der Waals surface area contributed by atoms with E-state index >= 15 is 0 Å². The number of carbonyl (C=O) groups is 3. The van der Waals surface area contributed by atoms with Crippen molar-refractivity contribution in [1.82, 2.24) is 15.3 Å². The predicted octanol–water partition coefficient (Wildman–Crippen LogP) is 5.48. The number of carbonyl (C=O) groups excluding carboxylic acids is 3. The van der Waals surface area contributed by atoms with Crippen LogP contribution in [0.3, 0.4) is 0 Å². The molecule has 1 aliphatic heterocycles. The lowest BCUT2D eigenvalue weighted by molar-refractivity contribution is 0.0653. The number of nitrogens with one attached hydrogen (secondary N) is 2. The maximum atomic E-state index is 14.7. The molecule has 1 aliphatic carbocycles. The smallest absolute Gasteiger partial charge is 0.204 e. The molecule has 192 valence electrons. The summed E-state index contributed by atoms with van der Waals surface area (Å²) in [6.07, 6.45) is 2.51. The van der Waals surface area contributed by atoms with E-state index in [0.717, 1.165) is 0 Å². The average molecular weight is 548 g/mol. The van der Waals surface area contributed by atoms with Gasteiger partial charge in [-0.3, -0.25) is 19.7 Å². The number of halogens is 2. The van der Waals surface area contributed by atoms with Gasteiger partial charge in [-0.15, -0.1) is 0 Å². The number of Topliss-reactive ketones (excluding diaryl/α,β-unsaturated/α-hetero) is 3. The molecule has 38 heavy (non-hydrogen) atoms. The Morgan fingerprint density at radius 1 is 1.05 bits per heavy atom. The number of H-pyrrole nitrogens is 1. The highest BCUT2D eigenvalue weighted by Crippen LogP contribution is 2.50. The monoisotopic (exact) mass is 547 g/mol. The number of rotatable bonds is 6. The van der Waals surface area contributed by atoms with Crippen LogP contribution in [0.4, 0.5) is 4.39 Å². The van der Waals surface area contributed by atoms with Crippen LogP contribution in [0.15, 0.2) is 66.7 Å². The van der Waals surface area contributed by atoms with Crippen LogP contribution in [0.5, 0.6) is 0 Å². The molecule has 0 saturated carbocycles. The number of thioether (sulfide) groups is 1. The van der Waals surface area contributed by atoms with Gasteiger partial charge < -0.3 is 4.98 Å². The van der Waals surface area contributed by atoms with Gasteiger partial charge in [0.1, 0.15) is 5.82 Å². The zero-order valence-electron chi connectivity index (χ0n) is 20.3. The van der Waals surface area contributed by atoms with Crippen molar-refractivity contribution in [3.8, 4) is 0 Å². The number of hydrogen-bond acceptors (Lipinski definition) is 6. The van der Waals surface area contributed by atoms with Crippen molar-refractivity contribution in [2.24, 2.45) is 5.92 Å². The number of para-hydroxylation sites is 2. The predicted molar refractivity (Wildman–Crippen MR) is 146 cm³/mol. The highest BCUT2D eigenvalue weighted by molar-refractivity contribution is 7.98. The minimum absolute atomic E-state index is 0.0457. The second kappa shape index (κ2) is 9.45. The molecular weight excluding hydrogens is 525 g/mol. The van der Waals surface area contributed by atoms with Crippen LogP contribution in [-0.4, -0.2) is 50.9 Å². The van der Waals surface area contributed by atoms with E-state index < -0.39 is 46.6 Å². The van der Waals surface area contributed by atoms with Gasteiger partial charge in [0.2, 0.25) is 5.78 Å². The summed E-state index contributed by atoms with van der Waals surface area (Å²) < 4.78 is 14.7. The highest BCUT2D eigenvalue weighted by atomic mass is 35.5. The van der Waals surface area contributed by atoms with Gasteiger partial charge in [-0.05, 0) is 48.3 Å². The second-order valence-corrected chi connectivity index (χ2v) is 11.1. The third-order valence-corrected chi connectivity index (χ3v) is 8.62. The van der Waals surface area contributed by atoms with Crippen molar-refractivity contribution < 1.29 is 18.8 Å². The lowest BCUT2D eigenvalue weighted by Crippen LogP contribution is -2.58. The van der Waals surface area contributed by atoms with Gasteiger partial charge in [-0.1, -0.05) is 54.1 Å². The molecule has 9 heteroatoms. The Balaban J connectivity index is 1.57. The first-order valence-corrected chi connectivity index (χ1v) is 14.0. The zero-order valence-corrected chi connectivity index (χ0v) is 21.9. The first kappa shape index (κ1) is 25.0. The normalized spacial score (nSPS) is 21.9. The van der Waals surface area contributed by atoms with E-state index in [1.807, 2.05) is 18.4 Å². The van der Waals surface area contributed by atoms with Crippen molar-refractivity contribution >= 4 is 51.7 Å². The van der Waals surface area contributed by atoms with Gasteiger partial charge in [0.15, 0.2) is 22.9 Å². The van der Waals surface area contributed by atoms with Crippen LogP contribution in [-0.2, 0) is 0 Å². The molecule has 1 saturated heterocycles. The summed E-state index contributed by atoms with van der Waals surface area (Å²) in [4.78, 5) is 50.2. The topological polar surface area (TPSA) is 91.9 Å². The maximum absolute atomic E-state index is 14.7. The third-order valence-electron chi connectivity index (χ3n) is 7.67. The molecule has 3 unspecified atom stereocenters. The molecule has 2 N–H and O–H groups in total. The van der Waals surface area contributed by atoms with E-state index in [1.165, 1.54) is 12.1 Å². The van der Waals surface area contributed by atoms with Gasteiger partial charge >= 0.3 is 0 Å². The Hall–Kier alpha value is -3.33.